The summed E-state index contributed by atoms with van der Waals surface area (Å²) in [6.07, 6.45) is 1.72. The highest BCUT2D eigenvalue weighted by Gasteiger charge is 2.23. The molecule has 0 rings (SSSR count). The number of aliphatic carboxylic acids is 1. The first-order chi connectivity index (χ1) is 9.40. The summed E-state index contributed by atoms with van der Waals surface area (Å²) >= 11 is 0. The molecular formula is C14H22O6. The van der Waals surface area contributed by atoms with Gasteiger partial charge in [-0.1, -0.05) is 20.4 Å². The van der Waals surface area contributed by atoms with E-state index in [0.717, 1.165) is 6.08 Å². The SMILES string of the molecule is C=CC(=O)OC(OC(=O)CCCCC(=O)O)C(C)CC. The molecule has 0 bridgehead atoms. The molecule has 0 aliphatic carbocycles. The number of carbonyl (C=O) groups excluding carboxylic acids is 2. The van der Waals surface area contributed by atoms with Crippen LogP contribution < -0.4 is 0 Å². The van der Waals surface area contributed by atoms with Crippen LogP contribution in [0.4, 0.5) is 0 Å². The van der Waals surface area contributed by atoms with Crippen LogP contribution in [-0.4, -0.2) is 29.3 Å². The van der Waals surface area contributed by atoms with Gasteiger partial charge < -0.3 is 14.6 Å². The topological polar surface area (TPSA) is 89.9 Å². The van der Waals surface area contributed by atoms with Gasteiger partial charge in [0.05, 0.1) is 0 Å². The second-order valence-electron chi connectivity index (χ2n) is 4.49. The van der Waals surface area contributed by atoms with Crippen molar-refractivity contribution < 1.29 is 29.0 Å². The summed E-state index contributed by atoms with van der Waals surface area (Å²) in [5.74, 6) is -2.16. The number of carboxylic acids is 1. The second kappa shape index (κ2) is 10.00. The van der Waals surface area contributed by atoms with E-state index in [0.29, 0.717) is 19.3 Å². The van der Waals surface area contributed by atoms with E-state index < -0.39 is 24.2 Å². The molecule has 0 aromatic rings. The van der Waals surface area contributed by atoms with Gasteiger partial charge in [-0.05, 0) is 19.3 Å². The minimum atomic E-state index is -0.933. The predicted octanol–water partition coefficient (Wildman–Crippen LogP) is 2.28. The van der Waals surface area contributed by atoms with Crippen molar-refractivity contribution in [3.63, 3.8) is 0 Å². The molecule has 0 aromatic heterocycles. The standard InChI is InChI=1S/C14H22O6/c1-4-10(3)14(19-12(17)5-2)20-13(18)9-7-6-8-11(15)16/h5,10,14H,2,4,6-9H2,1,3H3,(H,15,16). The number of esters is 2. The van der Waals surface area contributed by atoms with Crippen LogP contribution in [-0.2, 0) is 23.9 Å². The molecule has 6 heteroatoms. The molecule has 0 amide bonds. The van der Waals surface area contributed by atoms with Gasteiger partial charge in [-0.2, -0.15) is 0 Å². The van der Waals surface area contributed by atoms with Crippen molar-refractivity contribution in [2.45, 2.75) is 52.2 Å². The van der Waals surface area contributed by atoms with Gasteiger partial charge in [-0.25, -0.2) is 4.79 Å². The third-order valence-corrected chi connectivity index (χ3v) is 2.78. The van der Waals surface area contributed by atoms with Gasteiger partial charge in [0.15, 0.2) is 0 Å². The summed E-state index contributed by atoms with van der Waals surface area (Å²) in [7, 11) is 0. The molecule has 2 unspecified atom stereocenters. The lowest BCUT2D eigenvalue weighted by Gasteiger charge is -2.22. The van der Waals surface area contributed by atoms with Gasteiger partial charge in [0.2, 0.25) is 6.29 Å². The van der Waals surface area contributed by atoms with Crippen molar-refractivity contribution in [2.75, 3.05) is 0 Å². The fourth-order valence-electron chi connectivity index (χ4n) is 1.35. The predicted molar refractivity (Wildman–Crippen MR) is 71.7 cm³/mol. The number of carbonyl (C=O) groups is 3. The Morgan fingerprint density at radius 1 is 1.20 bits per heavy atom. The van der Waals surface area contributed by atoms with E-state index in [4.69, 9.17) is 14.6 Å². The van der Waals surface area contributed by atoms with Crippen molar-refractivity contribution >= 4 is 17.9 Å². The third kappa shape index (κ3) is 8.29. The van der Waals surface area contributed by atoms with E-state index >= 15 is 0 Å². The van der Waals surface area contributed by atoms with E-state index in [-0.39, 0.29) is 18.8 Å². The van der Waals surface area contributed by atoms with E-state index in [1.165, 1.54) is 0 Å². The summed E-state index contributed by atoms with van der Waals surface area (Å²) in [6, 6.07) is 0. The Morgan fingerprint density at radius 2 is 1.80 bits per heavy atom. The molecule has 0 radical (unpaired) electrons. The van der Waals surface area contributed by atoms with E-state index in [1.54, 1.807) is 6.92 Å². The zero-order valence-electron chi connectivity index (χ0n) is 12.0. The maximum atomic E-state index is 11.6. The molecule has 6 nitrogen and oxygen atoms in total. The fraction of sp³-hybridized carbons (Fsp3) is 0.643. The average molecular weight is 286 g/mol. The third-order valence-electron chi connectivity index (χ3n) is 2.78. The van der Waals surface area contributed by atoms with E-state index in [2.05, 4.69) is 6.58 Å². The molecule has 0 heterocycles. The maximum absolute atomic E-state index is 11.6. The summed E-state index contributed by atoms with van der Waals surface area (Å²) in [4.78, 5) is 33.1. The van der Waals surface area contributed by atoms with Crippen LogP contribution in [0.5, 0.6) is 0 Å². The zero-order chi connectivity index (χ0) is 15.5. The number of hydrogen-bond donors (Lipinski definition) is 1. The van der Waals surface area contributed by atoms with Crippen LogP contribution in [0.15, 0.2) is 12.7 Å². The summed E-state index contributed by atoms with van der Waals surface area (Å²) < 4.78 is 10.1. The largest absolute Gasteiger partial charge is 0.481 e. The quantitative estimate of drug-likeness (QED) is 0.287. The van der Waals surface area contributed by atoms with Crippen LogP contribution in [0.25, 0.3) is 0 Å². The monoisotopic (exact) mass is 286 g/mol. The van der Waals surface area contributed by atoms with Gasteiger partial charge in [-0.3, -0.25) is 9.59 Å². The molecule has 0 aliphatic rings. The van der Waals surface area contributed by atoms with Crippen LogP contribution in [0.3, 0.4) is 0 Å². The molecule has 2 atom stereocenters. The molecule has 0 aliphatic heterocycles. The smallest absolute Gasteiger partial charge is 0.333 e. The van der Waals surface area contributed by atoms with Gasteiger partial charge in [0, 0.05) is 24.8 Å². The van der Waals surface area contributed by atoms with Gasteiger partial charge in [0.1, 0.15) is 0 Å². The number of unbranched alkanes of at least 4 members (excludes halogenated alkanes) is 1. The van der Waals surface area contributed by atoms with Crippen molar-refractivity contribution in [1.82, 2.24) is 0 Å². The summed E-state index contributed by atoms with van der Waals surface area (Å²) in [5, 5.41) is 8.47. The molecule has 20 heavy (non-hydrogen) atoms. The fourth-order valence-corrected chi connectivity index (χ4v) is 1.35. The molecule has 0 saturated carbocycles. The Hall–Kier alpha value is -1.85. The number of hydrogen-bond acceptors (Lipinski definition) is 5. The maximum Gasteiger partial charge on any atom is 0.333 e. The Kier molecular flexibility index (Phi) is 9.07. The number of ether oxygens (including phenoxy) is 2. The number of rotatable bonds is 10. The summed E-state index contributed by atoms with van der Waals surface area (Å²) in [5.41, 5.74) is 0. The Labute approximate surface area is 118 Å². The highest BCUT2D eigenvalue weighted by atomic mass is 16.7. The molecule has 114 valence electrons. The molecule has 0 spiro atoms. The minimum absolute atomic E-state index is 0.0214. The molecule has 0 aromatic carbocycles. The first kappa shape index (κ1) is 18.1. The van der Waals surface area contributed by atoms with Crippen LogP contribution in [0.1, 0.15) is 46.0 Å². The van der Waals surface area contributed by atoms with Crippen molar-refractivity contribution in [3.05, 3.63) is 12.7 Å². The second-order valence-corrected chi connectivity index (χ2v) is 4.49. The highest BCUT2D eigenvalue weighted by molar-refractivity contribution is 5.81. The Balaban J connectivity index is 4.21. The summed E-state index contributed by atoms with van der Waals surface area (Å²) in [6.45, 7) is 6.98. The van der Waals surface area contributed by atoms with Crippen molar-refractivity contribution in [1.29, 1.82) is 0 Å². The first-order valence-corrected chi connectivity index (χ1v) is 6.65. The minimum Gasteiger partial charge on any atom is -0.481 e. The van der Waals surface area contributed by atoms with Crippen LogP contribution >= 0.6 is 0 Å². The van der Waals surface area contributed by atoms with Gasteiger partial charge >= 0.3 is 17.9 Å². The molecule has 0 saturated heterocycles. The highest BCUT2D eigenvalue weighted by Crippen LogP contribution is 2.15. The number of carboxylic acid groups (broad SMARTS) is 1. The first-order valence-electron chi connectivity index (χ1n) is 6.65. The lowest BCUT2D eigenvalue weighted by molar-refractivity contribution is -0.193. The van der Waals surface area contributed by atoms with E-state index in [9.17, 15) is 14.4 Å². The van der Waals surface area contributed by atoms with Crippen LogP contribution in [0, 0.1) is 5.92 Å². The average Bonchev–Trinajstić information content (AvgIpc) is 2.41. The van der Waals surface area contributed by atoms with Crippen molar-refractivity contribution in [3.8, 4) is 0 Å². The van der Waals surface area contributed by atoms with Gasteiger partial charge in [0.25, 0.3) is 0 Å². The molecule has 0 fully saturated rings. The van der Waals surface area contributed by atoms with Crippen LogP contribution in [0.2, 0.25) is 0 Å². The van der Waals surface area contributed by atoms with Crippen molar-refractivity contribution in [2.24, 2.45) is 5.92 Å². The van der Waals surface area contributed by atoms with E-state index in [1.807, 2.05) is 6.92 Å². The Bertz CT molecular complexity index is 350. The lowest BCUT2D eigenvalue weighted by atomic mass is 10.1. The lowest BCUT2D eigenvalue weighted by Crippen LogP contribution is -2.29. The zero-order valence-corrected chi connectivity index (χ0v) is 12.0. The normalized spacial score (nSPS) is 13.1. The Morgan fingerprint density at radius 3 is 2.30 bits per heavy atom. The molecular weight excluding hydrogens is 264 g/mol. The molecule has 1 N–H and O–H groups in total. The van der Waals surface area contributed by atoms with Gasteiger partial charge in [-0.15, -0.1) is 0 Å².